The van der Waals surface area contributed by atoms with Gasteiger partial charge in [-0.1, -0.05) is 6.42 Å². The van der Waals surface area contributed by atoms with Crippen LogP contribution in [-0.2, 0) is 4.79 Å². The van der Waals surface area contributed by atoms with Crippen LogP contribution in [0, 0.1) is 24.7 Å². The maximum Gasteiger partial charge on any atom is 0.225 e. The second-order valence-electron chi connectivity index (χ2n) is 8.31. The van der Waals surface area contributed by atoms with E-state index < -0.39 is 0 Å². The number of rotatable bonds is 2. The third kappa shape index (κ3) is 2.66. The van der Waals surface area contributed by atoms with Crippen molar-refractivity contribution in [3.05, 3.63) is 24.0 Å². The largest absolute Gasteiger partial charge is 0.356 e. The monoisotopic (exact) mass is 353 g/mol. The predicted octanol–water partition coefficient (Wildman–Crippen LogP) is 2.51. The van der Waals surface area contributed by atoms with Crippen LogP contribution in [0.25, 0.3) is 5.65 Å². The molecule has 2 atom stereocenters. The van der Waals surface area contributed by atoms with Gasteiger partial charge in [-0.05, 0) is 44.4 Å². The van der Waals surface area contributed by atoms with Crippen LogP contribution in [0.2, 0.25) is 0 Å². The summed E-state index contributed by atoms with van der Waals surface area (Å²) in [6, 6.07) is 4.04. The Morgan fingerprint density at radius 2 is 1.85 bits per heavy atom. The molecule has 1 amide bonds. The van der Waals surface area contributed by atoms with Crippen LogP contribution in [0.15, 0.2) is 18.3 Å². The van der Waals surface area contributed by atoms with Crippen molar-refractivity contribution in [2.45, 2.75) is 39.0 Å². The van der Waals surface area contributed by atoms with Gasteiger partial charge >= 0.3 is 0 Å². The Balaban J connectivity index is 1.26. The molecule has 2 aromatic rings. The summed E-state index contributed by atoms with van der Waals surface area (Å²) in [4.78, 5) is 22.0. The molecule has 4 heterocycles. The SMILES string of the molecule is Cc1cc(N2CCC(C(=O)N3CC4CCCC4C3)CC2)n2nccc2n1. The summed E-state index contributed by atoms with van der Waals surface area (Å²) in [6.07, 6.45) is 7.70. The molecule has 6 heteroatoms. The summed E-state index contributed by atoms with van der Waals surface area (Å²) in [7, 11) is 0. The Labute approximate surface area is 154 Å². The highest BCUT2D eigenvalue weighted by Crippen LogP contribution is 2.38. The topological polar surface area (TPSA) is 53.7 Å². The average Bonchev–Trinajstić information content (AvgIpc) is 3.36. The molecule has 6 nitrogen and oxygen atoms in total. The van der Waals surface area contributed by atoms with Gasteiger partial charge in [0.2, 0.25) is 5.91 Å². The number of likely N-dealkylation sites (tertiary alicyclic amines) is 1. The van der Waals surface area contributed by atoms with E-state index in [1.54, 1.807) is 6.20 Å². The standard InChI is InChI=1S/C20H27N5O/c1-14-11-19(25-18(22-14)5-8-21-25)23-9-6-15(7-10-23)20(26)24-12-16-3-2-4-17(16)13-24/h5,8,11,15-17H,2-4,6-7,9-10,12-13H2,1H3. The zero-order chi connectivity index (χ0) is 17.7. The van der Waals surface area contributed by atoms with Crippen molar-refractivity contribution in [3.63, 3.8) is 0 Å². The number of hydrogen-bond donors (Lipinski definition) is 0. The molecule has 3 fully saturated rings. The third-order valence-corrected chi connectivity index (χ3v) is 6.67. The number of aromatic nitrogens is 3. The smallest absolute Gasteiger partial charge is 0.225 e. The van der Waals surface area contributed by atoms with E-state index in [-0.39, 0.29) is 5.92 Å². The van der Waals surface area contributed by atoms with E-state index in [1.807, 2.05) is 17.5 Å². The zero-order valence-electron chi connectivity index (χ0n) is 15.5. The van der Waals surface area contributed by atoms with Crippen molar-refractivity contribution in [2.24, 2.45) is 17.8 Å². The lowest BCUT2D eigenvalue weighted by Crippen LogP contribution is -2.42. The summed E-state index contributed by atoms with van der Waals surface area (Å²) < 4.78 is 1.91. The fourth-order valence-electron chi connectivity index (χ4n) is 5.27. The van der Waals surface area contributed by atoms with Gasteiger partial charge in [0, 0.05) is 49.9 Å². The molecule has 0 aromatic carbocycles. The van der Waals surface area contributed by atoms with Gasteiger partial charge in [0.1, 0.15) is 5.82 Å². The minimum absolute atomic E-state index is 0.195. The molecule has 2 aromatic heterocycles. The number of piperidine rings is 1. The van der Waals surface area contributed by atoms with Gasteiger partial charge in [-0.3, -0.25) is 4.79 Å². The molecular weight excluding hydrogens is 326 g/mol. The van der Waals surface area contributed by atoms with Crippen molar-refractivity contribution in [1.82, 2.24) is 19.5 Å². The summed E-state index contributed by atoms with van der Waals surface area (Å²) >= 11 is 0. The van der Waals surface area contributed by atoms with E-state index in [1.165, 1.54) is 19.3 Å². The highest BCUT2D eigenvalue weighted by atomic mass is 16.2. The first-order chi connectivity index (χ1) is 12.7. The average molecular weight is 353 g/mol. The first-order valence-corrected chi connectivity index (χ1v) is 10.0. The second kappa shape index (κ2) is 6.25. The number of hydrogen-bond acceptors (Lipinski definition) is 4. The van der Waals surface area contributed by atoms with Crippen LogP contribution in [0.3, 0.4) is 0 Å². The Kier molecular flexibility index (Phi) is 3.87. The number of fused-ring (bicyclic) bond motifs is 2. The molecule has 0 radical (unpaired) electrons. The second-order valence-corrected chi connectivity index (χ2v) is 8.31. The fraction of sp³-hybridized carbons (Fsp3) is 0.650. The van der Waals surface area contributed by atoms with E-state index in [2.05, 4.69) is 25.9 Å². The van der Waals surface area contributed by atoms with Gasteiger partial charge < -0.3 is 9.80 Å². The molecule has 26 heavy (non-hydrogen) atoms. The van der Waals surface area contributed by atoms with Gasteiger partial charge in [-0.2, -0.15) is 9.61 Å². The molecule has 0 spiro atoms. The van der Waals surface area contributed by atoms with Gasteiger partial charge in [0.05, 0.1) is 6.20 Å². The van der Waals surface area contributed by atoms with Crippen LogP contribution in [0.1, 0.15) is 37.8 Å². The number of aryl methyl sites for hydroxylation is 1. The Morgan fingerprint density at radius 3 is 2.58 bits per heavy atom. The van der Waals surface area contributed by atoms with Crippen LogP contribution in [0.4, 0.5) is 5.82 Å². The predicted molar refractivity (Wildman–Crippen MR) is 100 cm³/mol. The third-order valence-electron chi connectivity index (χ3n) is 6.67. The maximum absolute atomic E-state index is 13.0. The highest BCUT2D eigenvalue weighted by Gasteiger charge is 2.40. The van der Waals surface area contributed by atoms with Gasteiger partial charge in [-0.15, -0.1) is 0 Å². The molecule has 2 aliphatic heterocycles. The van der Waals surface area contributed by atoms with Crippen LogP contribution >= 0.6 is 0 Å². The summed E-state index contributed by atoms with van der Waals surface area (Å²) in [5, 5.41) is 4.42. The minimum Gasteiger partial charge on any atom is -0.356 e. The van der Waals surface area contributed by atoms with Crippen molar-refractivity contribution in [3.8, 4) is 0 Å². The quantitative estimate of drug-likeness (QED) is 0.832. The fourth-order valence-corrected chi connectivity index (χ4v) is 5.27. The van der Waals surface area contributed by atoms with E-state index in [4.69, 9.17) is 0 Å². The number of anilines is 1. The van der Waals surface area contributed by atoms with Crippen LogP contribution < -0.4 is 4.90 Å². The molecule has 2 unspecified atom stereocenters. The lowest BCUT2D eigenvalue weighted by molar-refractivity contribution is -0.135. The molecule has 5 rings (SSSR count). The summed E-state index contributed by atoms with van der Waals surface area (Å²) in [6.45, 7) is 5.88. The van der Waals surface area contributed by atoms with Crippen LogP contribution in [0.5, 0.6) is 0 Å². The lowest BCUT2D eigenvalue weighted by atomic mass is 9.95. The molecule has 2 saturated heterocycles. The maximum atomic E-state index is 13.0. The molecule has 1 saturated carbocycles. The van der Waals surface area contributed by atoms with Crippen molar-refractivity contribution < 1.29 is 4.79 Å². The minimum atomic E-state index is 0.195. The van der Waals surface area contributed by atoms with Crippen molar-refractivity contribution in [1.29, 1.82) is 0 Å². The van der Waals surface area contributed by atoms with Gasteiger partial charge in [0.15, 0.2) is 5.65 Å². The Bertz CT molecular complexity index is 811. The van der Waals surface area contributed by atoms with Crippen molar-refractivity contribution in [2.75, 3.05) is 31.1 Å². The normalized spacial score (nSPS) is 26.7. The zero-order valence-corrected chi connectivity index (χ0v) is 15.5. The number of carbonyl (C=O) groups is 1. The Hall–Kier alpha value is -2.11. The molecule has 0 bridgehead atoms. The van der Waals surface area contributed by atoms with Crippen LogP contribution in [-0.4, -0.2) is 51.6 Å². The molecule has 3 aliphatic rings. The number of amides is 1. The number of carbonyl (C=O) groups excluding carboxylic acids is 1. The first kappa shape index (κ1) is 16.1. The highest BCUT2D eigenvalue weighted by molar-refractivity contribution is 5.79. The van der Waals surface area contributed by atoms with E-state index in [9.17, 15) is 4.79 Å². The number of nitrogens with zero attached hydrogens (tertiary/aromatic N) is 5. The van der Waals surface area contributed by atoms with E-state index in [0.717, 1.165) is 68.0 Å². The Morgan fingerprint density at radius 1 is 1.12 bits per heavy atom. The molecule has 138 valence electrons. The summed E-state index contributed by atoms with van der Waals surface area (Å²) in [5.41, 5.74) is 1.90. The summed E-state index contributed by atoms with van der Waals surface area (Å²) in [5.74, 6) is 3.27. The first-order valence-electron chi connectivity index (χ1n) is 10.0. The van der Waals surface area contributed by atoms with Gasteiger partial charge in [0.25, 0.3) is 0 Å². The molecular formula is C20H27N5O. The molecule has 0 N–H and O–H groups in total. The van der Waals surface area contributed by atoms with E-state index >= 15 is 0 Å². The van der Waals surface area contributed by atoms with Crippen molar-refractivity contribution >= 4 is 17.4 Å². The molecule has 1 aliphatic carbocycles. The lowest BCUT2D eigenvalue weighted by Gasteiger charge is -2.34. The van der Waals surface area contributed by atoms with E-state index in [0.29, 0.717) is 5.91 Å². The van der Waals surface area contributed by atoms with Gasteiger partial charge in [-0.25, -0.2) is 4.98 Å².